The van der Waals surface area contributed by atoms with Crippen molar-refractivity contribution in [3.05, 3.63) is 72.7 Å². The summed E-state index contributed by atoms with van der Waals surface area (Å²) >= 11 is 0. The highest BCUT2D eigenvalue weighted by Gasteiger charge is 2.21. The summed E-state index contributed by atoms with van der Waals surface area (Å²) in [6.45, 7) is 0.194. The summed E-state index contributed by atoms with van der Waals surface area (Å²) in [6, 6.07) is 16.3. The lowest BCUT2D eigenvalue weighted by molar-refractivity contribution is -0.0528. The first-order valence-electron chi connectivity index (χ1n) is 11.2. The van der Waals surface area contributed by atoms with E-state index >= 15 is 0 Å². The van der Waals surface area contributed by atoms with Crippen LogP contribution in [0.1, 0.15) is 17.8 Å². The number of rotatable bonds is 5. The van der Waals surface area contributed by atoms with E-state index in [0.717, 1.165) is 40.7 Å². The van der Waals surface area contributed by atoms with Gasteiger partial charge >= 0.3 is 6.61 Å². The second kappa shape index (κ2) is 10.7. The maximum Gasteiger partial charge on any atom is 0.388 e. The molecule has 1 aliphatic rings. The zero-order chi connectivity index (χ0) is 24.4. The fourth-order valence-electron chi connectivity index (χ4n) is 4.17. The zero-order valence-electron chi connectivity index (χ0n) is 19.1. The molecule has 1 aliphatic heterocycles. The minimum atomic E-state index is -2.92. The second-order valence-corrected chi connectivity index (χ2v) is 8.39. The molecule has 0 spiro atoms. The molecule has 0 radical (unpaired) electrons. The number of fused-ring (bicyclic) bond motifs is 1. The smallest absolute Gasteiger partial charge is 0.388 e. The highest BCUT2D eigenvalue weighted by atomic mass is 19.3. The van der Waals surface area contributed by atoms with Crippen LogP contribution in [0.5, 0.6) is 5.88 Å². The molecule has 1 amide bonds. The highest BCUT2D eigenvalue weighted by Crippen LogP contribution is 2.30. The van der Waals surface area contributed by atoms with Crippen molar-refractivity contribution in [1.82, 2.24) is 24.8 Å². The Morgan fingerprint density at radius 1 is 0.917 bits per heavy atom. The van der Waals surface area contributed by atoms with Crippen LogP contribution in [0.15, 0.2) is 67.1 Å². The first-order chi connectivity index (χ1) is 17.0. The van der Waals surface area contributed by atoms with Crippen LogP contribution in [0.4, 0.5) is 8.78 Å². The zero-order valence-corrected chi connectivity index (χ0v) is 19.1. The predicted octanol–water partition coefficient (Wildman–Crippen LogP) is 4.98. The van der Waals surface area contributed by atoms with Gasteiger partial charge in [-0.3, -0.25) is 4.79 Å². The van der Waals surface area contributed by atoms with Crippen LogP contribution in [0.25, 0.3) is 33.3 Å². The third kappa shape index (κ3) is 5.31. The average molecular weight is 492 g/mol. The van der Waals surface area contributed by atoms with Gasteiger partial charge in [0.15, 0.2) is 0 Å². The third-order valence-corrected chi connectivity index (χ3v) is 6.09. The second-order valence-electron chi connectivity index (χ2n) is 8.39. The molecule has 2 aromatic heterocycles. The van der Waals surface area contributed by atoms with E-state index < -0.39 is 6.61 Å². The molecule has 3 heterocycles. The maximum atomic E-state index is 13.1. The summed E-state index contributed by atoms with van der Waals surface area (Å²) in [5.41, 5.74) is 4.45. The molecule has 0 N–H and O–H groups in total. The van der Waals surface area contributed by atoms with E-state index in [9.17, 15) is 13.6 Å². The number of benzene rings is 2. The van der Waals surface area contributed by atoms with Gasteiger partial charge in [0.2, 0.25) is 5.88 Å². The average Bonchev–Trinajstić information content (AvgIpc) is 2.88. The Hall–Kier alpha value is -3.98. The molecule has 0 unspecified atom stereocenters. The third-order valence-electron chi connectivity index (χ3n) is 6.09. The number of carbonyl (C=O) groups excluding carboxylic acids is 1. The number of alkyl halides is 2. The first-order valence-corrected chi connectivity index (χ1v) is 11.2. The lowest BCUT2D eigenvalue weighted by Gasteiger charge is -2.32. The van der Waals surface area contributed by atoms with Gasteiger partial charge in [0.25, 0.3) is 5.91 Å². The van der Waals surface area contributed by atoms with Crippen LogP contribution < -0.4 is 4.74 Å². The van der Waals surface area contributed by atoms with Crippen LogP contribution in [-0.2, 0) is 0 Å². The van der Waals surface area contributed by atoms with Gasteiger partial charge in [0.05, 0.1) is 11.2 Å². The van der Waals surface area contributed by atoms with Crippen molar-refractivity contribution in [2.75, 3.05) is 33.2 Å². The molecule has 2 aromatic carbocycles. The van der Waals surface area contributed by atoms with Gasteiger partial charge in [0, 0.05) is 60.5 Å². The Kier molecular flexibility index (Phi) is 7.49. The number of carbonyl (C=O) groups is 1. The van der Waals surface area contributed by atoms with Crippen LogP contribution in [-0.4, -0.2) is 70.5 Å². The van der Waals surface area contributed by atoms with Gasteiger partial charge in [-0.15, -0.1) is 0 Å². The van der Waals surface area contributed by atoms with E-state index in [2.05, 4.69) is 31.6 Å². The number of nitrogens with zero attached hydrogens (tertiary/aromatic N) is 5. The van der Waals surface area contributed by atoms with Gasteiger partial charge in [-0.2, -0.15) is 8.78 Å². The SMILES string of the molecule is C.CN1CCN(C(=O)c2cccc(-c3ncnc4ccc(-c5ccc(OC(F)F)nc5)cc34)c2)CC1. The summed E-state index contributed by atoms with van der Waals surface area (Å²) in [7, 11) is 2.05. The minimum absolute atomic E-state index is 0. The van der Waals surface area contributed by atoms with Gasteiger partial charge in [-0.05, 0) is 42.9 Å². The number of halogens is 2. The number of amides is 1. The van der Waals surface area contributed by atoms with Crippen molar-refractivity contribution in [3.8, 4) is 28.3 Å². The molecule has 1 fully saturated rings. The van der Waals surface area contributed by atoms with Crippen LogP contribution in [0, 0.1) is 0 Å². The summed E-state index contributed by atoms with van der Waals surface area (Å²) in [5.74, 6) is -0.133. The molecule has 9 heteroatoms. The maximum absolute atomic E-state index is 13.1. The molecule has 186 valence electrons. The Labute approximate surface area is 208 Å². The summed E-state index contributed by atoms with van der Waals surface area (Å²) in [4.78, 5) is 30.0. The van der Waals surface area contributed by atoms with E-state index in [1.807, 2.05) is 47.4 Å². The Balaban J connectivity index is 0.00000304. The normalized spacial score (nSPS) is 14.1. The van der Waals surface area contributed by atoms with Gasteiger partial charge in [-0.1, -0.05) is 25.6 Å². The number of hydrogen-bond donors (Lipinski definition) is 0. The molecule has 5 rings (SSSR count). The molecule has 36 heavy (non-hydrogen) atoms. The summed E-state index contributed by atoms with van der Waals surface area (Å²) in [5, 5.41) is 0.808. The fourth-order valence-corrected chi connectivity index (χ4v) is 4.17. The Morgan fingerprint density at radius 3 is 2.42 bits per heavy atom. The minimum Gasteiger partial charge on any atom is -0.417 e. The standard InChI is InChI=1S/C26H23F2N5O2.CH4/c1-32-9-11-33(12-10-32)25(34)19-4-2-3-18(13-19)24-21-14-17(5-7-22(21)30-16-31-24)20-6-8-23(29-15-20)35-26(27)28;/h2-8,13-16,26H,9-12H2,1H3;1H4. The number of likely N-dealkylation sites (N-methyl/N-ethyl adjacent to an activating group) is 1. The number of aromatic nitrogens is 3. The first kappa shape index (κ1) is 25.1. The van der Waals surface area contributed by atoms with Crippen LogP contribution in [0.2, 0.25) is 0 Å². The van der Waals surface area contributed by atoms with E-state index in [-0.39, 0.29) is 19.2 Å². The van der Waals surface area contributed by atoms with Crippen LogP contribution >= 0.6 is 0 Å². The molecular formula is C27H27F2N5O2. The summed E-state index contributed by atoms with van der Waals surface area (Å²) in [6.07, 6.45) is 2.99. The van der Waals surface area contributed by atoms with Crippen molar-refractivity contribution in [2.45, 2.75) is 14.0 Å². The van der Waals surface area contributed by atoms with Crippen molar-refractivity contribution >= 4 is 16.8 Å². The van der Waals surface area contributed by atoms with E-state index in [4.69, 9.17) is 0 Å². The van der Waals surface area contributed by atoms with Gasteiger partial charge < -0.3 is 14.5 Å². The van der Waals surface area contributed by atoms with Crippen molar-refractivity contribution in [3.63, 3.8) is 0 Å². The number of ether oxygens (including phenoxy) is 1. The van der Waals surface area contributed by atoms with Crippen LogP contribution in [0.3, 0.4) is 0 Å². The van der Waals surface area contributed by atoms with Gasteiger partial charge in [0.1, 0.15) is 6.33 Å². The molecule has 0 atom stereocenters. The summed E-state index contributed by atoms with van der Waals surface area (Å²) < 4.78 is 29.2. The molecule has 0 bridgehead atoms. The van der Waals surface area contributed by atoms with Gasteiger partial charge in [-0.25, -0.2) is 15.0 Å². The predicted molar refractivity (Wildman–Crippen MR) is 135 cm³/mol. The monoisotopic (exact) mass is 491 g/mol. The fraction of sp³-hybridized carbons (Fsp3) is 0.259. The molecule has 4 aromatic rings. The quantitative estimate of drug-likeness (QED) is 0.392. The van der Waals surface area contributed by atoms with Crippen molar-refractivity contribution in [2.24, 2.45) is 0 Å². The van der Waals surface area contributed by atoms with E-state index in [1.54, 1.807) is 6.07 Å². The lowest BCUT2D eigenvalue weighted by atomic mass is 10.00. The number of piperazine rings is 1. The number of pyridine rings is 1. The molecule has 1 saturated heterocycles. The molecular weight excluding hydrogens is 464 g/mol. The molecule has 0 aliphatic carbocycles. The molecule has 7 nitrogen and oxygen atoms in total. The molecule has 0 saturated carbocycles. The largest absolute Gasteiger partial charge is 0.417 e. The lowest BCUT2D eigenvalue weighted by Crippen LogP contribution is -2.47. The van der Waals surface area contributed by atoms with Crippen molar-refractivity contribution < 1.29 is 18.3 Å². The van der Waals surface area contributed by atoms with E-state index in [0.29, 0.717) is 24.3 Å². The number of hydrogen-bond acceptors (Lipinski definition) is 6. The van der Waals surface area contributed by atoms with Crippen molar-refractivity contribution in [1.29, 1.82) is 0 Å². The van der Waals surface area contributed by atoms with E-state index in [1.165, 1.54) is 18.6 Å². The highest BCUT2D eigenvalue weighted by molar-refractivity contribution is 5.98. The Morgan fingerprint density at radius 2 is 1.69 bits per heavy atom. The topological polar surface area (TPSA) is 71.5 Å². The Bertz CT molecular complexity index is 1360.